The number of carbonyl (C=O) groups excluding carboxylic acids is 1. The van der Waals surface area contributed by atoms with Crippen LogP contribution in [-0.2, 0) is 15.0 Å². The maximum absolute atomic E-state index is 12.5. The number of hydrogen-bond acceptors (Lipinski definition) is 4. The molecular weight excluding hydrogens is 387 g/mol. The van der Waals surface area contributed by atoms with Gasteiger partial charge in [-0.25, -0.2) is 0 Å². The van der Waals surface area contributed by atoms with Crippen molar-refractivity contribution in [2.75, 3.05) is 25.0 Å². The van der Waals surface area contributed by atoms with Crippen LogP contribution < -0.4 is 14.4 Å². The Hall–Kier alpha value is -1.85. The number of alkyl halides is 3. The smallest absolute Gasteiger partial charge is 0.406 e. The van der Waals surface area contributed by atoms with E-state index in [9.17, 15) is 26.4 Å². The fourth-order valence-electron chi connectivity index (χ4n) is 2.78. The molecule has 1 N–H and O–H groups in total. The second-order valence-electron chi connectivity index (χ2n) is 6.67. The summed E-state index contributed by atoms with van der Waals surface area (Å²) >= 11 is 0. The van der Waals surface area contributed by atoms with E-state index in [-0.39, 0.29) is 31.1 Å². The third kappa shape index (κ3) is 5.81. The summed E-state index contributed by atoms with van der Waals surface area (Å²) in [5, 5.41) is 0. The number of rotatable bonds is 7. The number of anilines is 1. The number of carbonyl (C=O) groups is 1. The molecular formula is C16H22F3N3O4S. The summed E-state index contributed by atoms with van der Waals surface area (Å²) < 4.78 is 69.1. The molecule has 2 rings (SSSR count). The summed E-state index contributed by atoms with van der Waals surface area (Å²) in [5.74, 6) is -0.868. The quantitative estimate of drug-likeness (QED) is 0.748. The van der Waals surface area contributed by atoms with Crippen molar-refractivity contribution in [2.45, 2.75) is 32.7 Å². The molecule has 0 aromatic heterocycles. The van der Waals surface area contributed by atoms with Gasteiger partial charge >= 0.3 is 6.36 Å². The average Bonchev–Trinajstić information content (AvgIpc) is 2.85. The van der Waals surface area contributed by atoms with E-state index in [1.54, 1.807) is 0 Å². The Balaban J connectivity index is 2.10. The van der Waals surface area contributed by atoms with E-state index in [4.69, 9.17) is 0 Å². The summed E-state index contributed by atoms with van der Waals surface area (Å²) in [6.07, 6.45) is -4.63. The Kier molecular flexibility index (Phi) is 6.38. The molecule has 0 radical (unpaired) electrons. The van der Waals surface area contributed by atoms with E-state index < -0.39 is 34.3 Å². The minimum atomic E-state index is -4.84. The van der Waals surface area contributed by atoms with Gasteiger partial charge in [0.25, 0.3) is 10.2 Å². The van der Waals surface area contributed by atoms with Crippen molar-refractivity contribution in [3.05, 3.63) is 24.3 Å². The van der Waals surface area contributed by atoms with Crippen LogP contribution in [0.15, 0.2) is 24.3 Å². The second kappa shape index (κ2) is 8.03. The monoisotopic (exact) mass is 409 g/mol. The van der Waals surface area contributed by atoms with Crippen molar-refractivity contribution in [1.82, 2.24) is 9.03 Å². The highest BCUT2D eigenvalue weighted by Gasteiger charge is 2.37. The molecule has 1 unspecified atom stereocenters. The Morgan fingerprint density at radius 1 is 1.37 bits per heavy atom. The Bertz CT molecular complexity index is 783. The van der Waals surface area contributed by atoms with Gasteiger partial charge in [-0.2, -0.15) is 17.4 Å². The molecule has 0 spiro atoms. The predicted octanol–water partition coefficient (Wildman–Crippen LogP) is 2.11. The topological polar surface area (TPSA) is 79.0 Å². The second-order valence-corrected chi connectivity index (χ2v) is 8.48. The molecule has 1 aliphatic heterocycles. The fourth-order valence-corrected chi connectivity index (χ4v) is 4.03. The summed E-state index contributed by atoms with van der Waals surface area (Å²) in [5.41, 5.74) is 0.207. The summed E-state index contributed by atoms with van der Waals surface area (Å²) in [6.45, 7) is 4.20. The van der Waals surface area contributed by atoms with Crippen LogP contribution in [0.3, 0.4) is 0 Å². The van der Waals surface area contributed by atoms with Gasteiger partial charge in [0.15, 0.2) is 0 Å². The van der Waals surface area contributed by atoms with Gasteiger partial charge in [0, 0.05) is 31.9 Å². The molecule has 1 aromatic carbocycles. The van der Waals surface area contributed by atoms with Crippen LogP contribution in [0.5, 0.6) is 5.75 Å². The lowest BCUT2D eigenvalue weighted by Gasteiger charge is -2.22. The Labute approximate surface area is 156 Å². The van der Waals surface area contributed by atoms with Gasteiger partial charge in [0.2, 0.25) is 5.91 Å². The molecule has 27 heavy (non-hydrogen) atoms. The molecule has 1 atom stereocenters. The first-order chi connectivity index (χ1) is 12.4. The number of benzene rings is 1. The molecule has 1 aromatic rings. The van der Waals surface area contributed by atoms with E-state index in [1.807, 2.05) is 13.8 Å². The lowest BCUT2D eigenvalue weighted by Crippen LogP contribution is -2.47. The van der Waals surface area contributed by atoms with Crippen molar-refractivity contribution in [1.29, 1.82) is 0 Å². The fraction of sp³-hybridized carbons (Fsp3) is 0.562. The lowest BCUT2D eigenvalue weighted by molar-refractivity contribution is -0.274. The molecule has 0 bridgehead atoms. The number of hydrogen-bond donors (Lipinski definition) is 1. The summed E-state index contributed by atoms with van der Waals surface area (Å²) in [4.78, 5) is 13.8. The van der Waals surface area contributed by atoms with Crippen molar-refractivity contribution in [2.24, 2.45) is 5.92 Å². The molecule has 152 valence electrons. The zero-order valence-corrected chi connectivity index (χ0v) is 16.0. The van der Waals surface area contributed by atoms with Crippen molar-refractivity contribution in [3.8, 4) is 5.75 Å². The van der Waals surface area contributed by atoms with Crippen LogP contribution in [0, 0.1) is 5.92 Å². The Morgan fingerprint density at radius 3 is 2.63 bits per heavy atom. The predicted molar refractivity (Wildman–Crippen MR) is 93.4 cm³/mol. The number of nitrogens with zero attached hydrogens (tertiary/aromatic N) is 2. The standard InChI is InChI=1S/C16H22F3N3O4S/c1-11(2)10-21(3)27(24,25)20-14-7-8-22(15(14)23)12-5-4-6-13(9-12)26-16(17,18)19/h4-6,9,11,14,20H,7-8,10H2,1-3H3. The first kappa shape index (κ1) is 21.5. The molecule has 1 heterocycles. The molecule has 0 aliphatic carbocycles. The van der Waals surface area contributed by atoms with Crippen LogP contribution in [0.25, 0.3) is 0 Å². The van der Waals surface area contributed by atoms with Crippen molar-refractivity contribution in [3.63, 3.8) is 0 Å². The van der Waals surface area contributed by atoms with Gasteiger partial charge in [-0.1, -0.05) is 19.9 Å². The van der Waals surface area contributed by atoms with Crippen molar-refractivity contribution < 1.29 is 31.1 Å². The maximum Gasteiger partial charge on any atom is 0.573 e. The highest BCUT2D eigenvalue weighted by atomic mass is 32.2. The Morgan fingerprint density at radius 2 is 2.04 bits per heavy atom. The van der Waals surface area contributed by atoms with E-state index in [2.05, 4.69) is 9.46 Å². The largest absolute Gasteiger partial charge is 0.573 e. The highest BCUT2D eigenvalue weighted by Crippen LogP contribution is 2.29. The molecule has 1 aliphatic rings. The molecule has 1 amide bonds. The van der Waals surface area contributed by atoms with E-state index >= 15 is 0 Å². The first-order valence-corrected chi connectivity index (χ1v) is 9.74. The van der Waals surface area contributed by atoms with Gasteiger partial charge in [0.05, 0.1) is 0 Å². The number of amides is 1. The molecule has 0 saturated carbocycles. The normalized spacial score (nSPS) is 18.6. The van der Waals surface area contributed by atoms with Crippen LogP contribution in [0.2, 0.25) is 0 Å². The third-order valence-electron chi connectivity index (χ3n) is 3.89. The zero-order chi connectivity index (χ0) is 20.4. The van der Waals surface area contributed by atoms with Gasteiger partial charge in [-0.05, 0) is 24.5 Å². The number of halogens is 3. The summed E-state index contributed by atoms with van der Waals surface area (Å²) in [6, 6.07) is 4.03. The lowest BCUT2D eigenvalue weighted by atomic mass is 10.2. The SMILES string of the molecule is CC(C)CN(C)S(=O)(=O)NC1CCN(c2cccc(OC(F)(F)F)c2)C1=O. The van der Waals surface area contributed by atoms with Crippen LogP contribution >= 0.6 is 0 Å². The van der Waals surface area contributed by atoms with Crippen LogP contribution in [0.4, 0.5) is 18.9 Å². The number of nitrogens with one attached hydrogen (secondary N) is 1. The van der Waals surface area contributed by atoms with Crippen LogP contribution in [-0.4, -0.2) is 51.2 Å². The molecule has 7 nitrogen and oxygen atoms in total. The van der Waals surface area contributed by atoms with Gasteiger partial charge < -0.3 is 9.64 Å². The summed E-state index contributed by atoms with van der Waals surface area (Å²) in [7, 11) is -2.43. The molecule has 1 saturated heterocycles. The minimum Gasteiger partial charge on any atom is -0.406 e. The number of ether oxygens (including phenoxy) is 1. The van der Waals surface area contributed by atoms with Crippen molar-refractivity contribution >= 4 is 21.8 Å². The van der Waals surface area contributed by atoms with E-state index in [1.165, 1.54) is 24.1 Å². The highest BCUT2D eigenvalue weighted by molar-refractivity contribution is 7.87. The maximum atomic E-state index is 12.5. The minimum absolute atomic E-state index is 0.110. The zero-order valence-electron chi connectivity index (χ0n) is 15.2. The van der Waals surface area contributed by atoms with E-state index in [0.29, 0.717) is 0 Å². The molecule has 1 fully saturated rings. The van der Waals surface area contributed by atoms with E-state index in [0.717, 1.165) is 16.4 Å². The average molecular weight is 409 g/mol. The molecule has 11 heteroatoms. The first-order valence-electron chi connectivity index (χ1n) is 8.30. The van der Waals surface area contributed by atoms with Gasteiger partial charge in [0.1, 0.15) is 11.8 Å². The van der Waals surface area contributed by atoms with Gasteiger partial charge in [-0.3, -0.25) is 4.79 Å². The van der Waals surface area contributed by atoms with Crippen LogP contribution in [0.1, 0.15) is 20.3 Å². The third-order valence-corrected chi connectivity index (χ3v) is 5.44. The van der Waals surface area contributed by atoms with Gasteiger partial charge in [-0.15, -0.1) is 13.2 Å².